The predicted octanol–water partition coefficient (Wildman–Crippen LogP) is 1.92. The molecule has 7 heteroatoms. The van der Waals surface area contributed by atoms with E-state index in [1.165, 1.54) is 31.6 Å². The maximum Gasteiger partial charge on any atom is 0.270 e. The van der Waals surface area contributed by atoms with E-state index in [0.717, 1.165) is 36.3 Å². The Balaban J connectivity index is 1.38. The third-order valence-corrected chi connectivity index (χ3v) is 7.53. The molecule has 0 aliphatic carbocycles. The van der Waals surface area contributed by atoms with Gasteiger partial charge in [-0.25, -0.2) is 4.98 Å². The van der Waals surface area contributed by atoms with E-state index < -0.39 is 0 Å². The molecule has 1 amide bonds. The number of anilines is 1. The number of piperidine rings is 3. The third kappa shape index (κ3) is 3.11. The Morgan fingerprint density at radius 2 is 2.04 bits per heavy atom. The van der Waals surface area contributed by atoms with Gasteiger partial charge in [0.25, 0.3) is 5.91 Å². The molecule has 6 rings (SSSR count). The second-order valence-electron chi connectivity index (χ2n) is 8.04. The van der Waals surface area contributed by atoms with Gasteiger partial charge < -0.3 is 15.5 Å². The van der Waals surface area contributed by atoms with Crippen LogP contribution >= 0.6 is 11.3 Å². The maximum atomic E-state index is 13.0. The number of hydrogen-bond acceptors (Lipinski definition) is 6. The van der Waals surface area contributed by atoms with Crippen molar-refractivity contribution in [3.8, 4) is 0 Å². The van der Waals surface area contributed by atoms with E-state index in [1.807, 2.05) is 12.3 Å². The van der Waals surface area contributed by atoms with Crippen LogP contribution in [0.25, 0.3) is 10.1 Å². The molecule has 4 aliphatic heterocycles. The van der Waals surface area contributed by atoms with Crippen molar-refractivity contribution < 1.29 is 4.79 Å². The Hall–Kier alpha value is -1.70. The van der Waals surface area contributed by atoms with Gasteiger partial charge in [-0.2, -0.15) is 0 Å². The molecule has 4 saturated heterocycles. The summed E-state index contributed by atoms with van der Waals surface area (Å²) in [6, 6.07) is 2.65. The van der Waals surface area contributed by atoms with Crippen molar-refractivity contribution in [2.75, 3.05) is 44.2 Å². The molecule has 4 aliphatic rings. The van der Waals surface area contributed by atoms with Gasteiger partial charge in [0.2, 0.25) is 0 Å². The summed E-state index contributed by atoms with van der Waals surface area (Å²) in [7, 11) is 0. The summed E-state index contributed by atoms with van der Waals surface area (Å²) in [5.74, 6) is 0.579. The number of rotatable bonds is 3. The average molecular weight is 386 g/mol. The monoisotopic (exact) mass is 385 g/mol. The largest absolute Gasteiger partial charge is 0.368 e. The van der Waals surface area contributed by atoms with E-state index in [9.17, 15) is 4.79 Å². The summed E-state index contributed by atoms with van der Waals surface area (Å²) in [6.07, 6.45) is 4.25. The first-order valence-electron chi connectivity index (χ1n) is 10.1. The lowest BCUT2D eigenvalue weighted by molar-refractivity contribution is 0.0216. The molecule has 6 heterocycles. The van der Waals surface area contributed by atoms with Crippen molar-refractivity contribution in [1.82, 2.24) is 20.5 Å². The molecule has 2 atom stereocenters. The number of pyridine rings is 1. The number of carbonyl (C=O) groups excluding carboxylic acids is 1. The number of fused-ring (bicyclic) bond motifs is 4. The molecule has 2 bridgehead atoms. The smallest absolute Gasteiger partial charge is 0.270 e. The lowest BCUT2D eigenvalue weighted by Gasteiger charge is -2.49. The van der Waals surface area contributed by atoms with Crippen LogP contribution in [-0.2, 0) is 0 Å². The summed E-state index contributed by atoms with van der Waals surface area (Å²) in [5.41, 5.74) is 1.78. The van der Waals surface area contributed by atoms with Crippen molar-refractivity contribution in [3.05, 3.63) is 23.3 Å². The highest BCUT2D eigenvalue weighted by molar-refractivity contribution is 7.17. The Morgan fingerprint density at radius 3 is 2.78 bits per heavy atom. The molecule has 0 radical (unpaired) electrons. The van der Waals surface area contributed by atoms with E-state index in [0.29, 0.717) is 17.7 Å². The maximum absolute atomic E-state index is 13.0. The zero-order valence-electron chi connectivity index (χ0n) is 15.8. The lowest BCUT2D eigenvalue weighted by Crippen LogP contribution is -2.62. The zero-order valence-corrected chi connectivity index (χ0v) is 16.6. The minimum atomic E-state index is -0.0278. The highest BCUT2D eigenvalue weighted by Gasteiger charge is 2.40. The molecule has 6 nitrogen and oxygen atoms in total. The highest BCUT2D eigenvalue weighted by Crippen LogP contribution is 2.34. The molecular weight excluding hydrogens is 358 g/mol. The van der Waals surface area contributed by atoms with E-state index in [4.69, 9.17) is 0 Å². The molecule has 4 fully saturated rings. The van der Waals surface area contributed by atoms with Crippen molar-refractivity contribution >= 4 is 33.0 Å². The molecule has 2 unspecified atom stereocenters. The standard InChI is InChI=1S/C20H27N5OS/c1-13-19(14-2-6-24(13)7-3-14)23-20(26)16-10-15-17(12-27-18(15)11-22-16)25-8-4-21-5-9-25/h10-14,19,21H,2-9H2,1H3,(H,23,26). The van der Waals surface area contributed by atoms with Crippen LogP contribution in [0.5, 0.6) is 0 Å². The zero-order chi connectivity index (χ0) is 18.4. The number of nitrogens with one attached hydrogen (secondary N) is 2. The van der Waals surface area contributed by atoms with Gasteiger partial charge in [-0.05, 0) is 44.8 Å². The van der Waals surface area contributed by atoms with E-state index in [2.05, 4.69) is 37.7 Å². The normalized spacial score (nSPS) is 30.6. The minimum absolute atomic E-state index is 0.0278. The molecule has 2 aromatic heterocycles. The summed E-state index contributed by atoms with van der Waals surface area (Å²) in [5, 5.41) is 10.1. The fraction of sp³-hybridized carbons (Fsp3) is 0.600. The topological polar surface area (TPSA) is 60.5 Å². The van der Waals surface area contributed by atoms with Crippen LogP contribution in [0.4, 0.5) is 5.69 Å². The van der Waals surface area contributed by atoms with Gasteiger partial charge in [0.1, 0.15) is 5.69 Å². The second-order valence-corrected chi connectivity index (χ2v) is 8.95. The number of thiophene rings is 1. The van der Waals surface area contributed by atoms with Crippen LogP contribution in [0.1, 0.15) is 30.3 Å². The average Bonchev–Trinajstić information content (AvgIpc) is 3.15. The van der Waals surface area contributed by atoms with E-state index in [-0.39, 0.29) is 11.9 Å². The third-order valence-electron chi connectivity index (χ3n) is 6.61. The number of nitrogens with zero attached hydrogens (tertiary/aromatic N) is 3. The van der Waals surface area contributed by atoms with Crippen LogP contribution in [0.15, 0.2) is 17.6 Å². The lowest BCUT2D eigenvalue weighted by atomic mass is 9.79. The first-order chi connectivity index (χ1) is 13.2. The number of piperazine rings is 1. The van der Waals surface area contributed by atoms with Crippen molar-refractivity contribution in [2.45, 2.75) is 31.8 Å². The molecular formula is C20H27N5OS. The Labute approximate surface area is 163 Å². The number of amides is 1. The molecule has 0 spiro atoms. The first kappa shape index (κ1) is 17.4. The van der Waals surface area contributed by atoms with Crippen LogP contribution in [-0.4, -0.2) is 67.1 Å². The molecule has 2 aromatic rings. The van der Waals surface area contributed by atoms with Crippen molar-refractivity contribution in [3.63, 3.8) is 0 Å². The summed E-state index contributed by atoms with van der Waals surface area (Å²) < 4.78 is 1.15. The summed E-state index contributed by atoms with van der Waals surface area (Å²) in [4.78, 5) is 22.4. The van der Waals surface area contributed by atoms with Crippen molar-refractivity contribution in [2.24, 2.45) is 5.92 Å². The van der Waals surface area contributed by atoms with Gasteiger partial charge in [0.05, 0.1) is 10.4 Å². The fourth-order valence-corrected chi connectivity index (χ4v) is 5.88. The number of aromatic nitrogens is 1. The molecule has 2 N–H and O–H groups in total. The second kappa shape index (κ2) is 7.04. The van der Waals surface area contributed by atoms with Crippen LogP contribution in [0.3, 0.4) is 0 Å². The van der Waals surface area contributed by atoms with E-state index in [1.54, 1.807) is 11.3 Å². The van der Waals surface area contributed by atoms with Gasteiger partial charge >= 0.3 is 0 Å². The van der Waals surface area contributed by atoms with E-state index >= 15 is 0 Å². The molecule has 0 aromatic carbocycles. The van der Waals surface area contributed by atoms with Gasteiger partial charge in [0, 0.05) is 55.2 Å². The predicted molar refractivity (Wildman–Crippen MR) is 110 cm³/mol. The summed E-state index contributed by atoms with van der Waals surface area (Å²) in [6.45, 7) is 8.62. The Bertz CT molecular complexity index is 836. The first-order valence-corrected chi connectivity index (χ1v) is 11.0. The van der Waals surface area contributed by atoms with Crippen LogP contribution < -0.4 is 15.5 Å². The van der Waals surface area contributed by atoms with Gasteiger partial charge in [-0.15, -0.1) is 11.3 Å². The number of hydrogen-bond donors (Lipinski definition) is 2. The quantitative estimate of drug-likeness (QED) is 0.845. The molecule has 27 heavy (non-hydrogen) atoms. The van der Waals surface area contributed by atoms with Gasteiger partial charge in [0.15, 0.2) is 0 Å². The molecule has 0 saturated carbocycles. The SMILES string of the molecule is CC1C(NC(=O)c2cc3c(N4CCNCC4)csc3cn2)C2CCN1CC2. The minimum Gasteiger partial charge on any atom is -0.368 e. The van der Waals surface area contributed by atoms with Crippen LogP contribution in [0.2, 0.25) is 0 Å². The molecule has 144 valence electrons. The Kier molecular flexibility index (Phi) is 4.53. The summed E-state index contributed by atoms with van der Waals surface area (Å²) >= 11 is 1.71. The number of carbonyl (C=O) groups is 1. The van der Waals surface area contributed by atoms with Crippen LogP contribution in [0, 0.1) is 5.92 Å². The fourth-order valence-electron chi connectivity index (χ4n) is 4.97. The highest BCUT2D eigenvalue weighted by atomic mass is 32.1. The Morgan fingerprint density at radius 1 is 1.26 bits per heavy atom. The van der Waals surface area contributed by atoms with Crippen molar-refractivity contribution in [1.29, 1.82) is 0 Å². The van der Waals surface area contributed by atoms with Gasteiger partial charge in [-0.1, -0.05) is 0 Å². The van der Waals surface area contributed by atoms with Gasteiger partial charge in [-0.3, -0.25) is 9.69 Å².